The number of carbonyl (C=O) groups is 2. The van der Waals surface area contributed by atoms with Crippen molar-refractivity contribution in [3.63, 3.8) is 0 Å². The molecule has 1 aliphatic heterocycles. The predicted octanol–water partition coefficient (Wildman–Crippen LogP) is -7.62. The van der Waals surface area contributed by atoms with Gasteiger partial charge in [-0.15, -0.1) is 0 Å². The molecular weight excluding hydrogens is 668 g/mol. The molecule has 49 heavy (non-hydrogen) atoms. The highest BCUT2D eigenvalue weighted by atomic mass is 16.7. The Bertz CT molecular complexity index is 952. The first-order valence-electron chi connectivity index (χ1n) is 15.4. The number of aliphatic hydroxyl groups is 11. The van der Waals surface area contributed by atoms with Crippen molar-refractivity contribution >= 4 is 11.8 Å². The van der Waals surface area contributed by atoms with Gasteiger partial charge < -0.3 is 95.2 Å². The van der Waals surface area contributed by atoms with Gasteiger partial charge in [-0.05, 0) is 13.8 Å². The van der Waals surface area contributed by atoms with Crippen LogP contribution in [0.2, 0.25) is 0 Å². The number of aliphatic hydroxyl groups excluding tert-OH is 11. The number of carbonyl (C=O) groups excluding carboxylic acids is 2. The molecule has 0 radical (unpaired) electrons. The fourth-order valence-electron chi connectivity index (χ4n) is 4.49. The molecule has 13 N–H and O–H groups in total. The second-order valence-corrected chi connectivity index (χ2v) is 11.7. The second kappa shape index (κ2) is 22.3. The molecular formula is C28H54N2O19. The molecule has 1 rings (SSSR count). The van der Waals surface area contributed by atoms with E-state index in [0.29, 0.717) is 0 Å². The first kappa shape index (κ1) is 45.3. The Morgan fingerprint density at radius 3 is 2.06 bits per heavy atom. The number of hydrogen-bond acceptors (Lipinski definition) is 19. The summed E-state index contributed by atoms with van der Waals surface area (Å²) in [4.78, 5) is 24.4. The van der Waals surface area contributed by atoms with Gasteiger partial charge in [-0.1, -0.05) is 0 Å². The van der Waals surface area contributed by atoms with Gasteiger partial charge in [0.2, 0.25) is 11.8 Å². The van der Waals surface area contributed by atoms with Crippen LogP contribution in [0, 0.1) is 0 Å². The van der Waals surface area contributed by atoms with Crippen LogP contribution in [0.15, 0.2) is 0 Å². The molecule has 14 atom stereocenters. The molecule has 0 bridgehead atoms. The molecule has 1 heterocycles. The van der Waals surface area contributed by atoms with Gasteiger partial charge in [0.1, 0.15) is 66.6 Å². The highest BCUT2D eigenvalue weighted by Crippen LogP contribution is 2.24. The number of ether oxygens (including phenoxy) is 6. The summed E-state index contributed by atoms with van der Waals surface area (Å²) in [6.45, 7) is -1.72. The summed E-state index contributed by atoms with van der Waals surface area (Å²) < 4.78 is 32.8. The van der Waals surface area contributed by atoms with E-state index in [1.807, 2.05) is 0 Å². The molecule has 290 valence electrons. The molecule has 1 fully saturated rings. The number of amides is 2. The Morgan fingerprint density at radius 2 is 1.51 bits per heavy atom. The fourth-order valence-corrected chi connectivity index (χ4v) is 4.49. The summed E-state index contributed by atoms with van der Waals surface area (Å²) in [5.41, 5.74) is -1.87. The van der Waals surface area contributed by atoms with Crippen LogP contribution in [0.3, 0.4) is 0 Å². The highest BCUT2D eigenvalue weighted by molar-refractivity contribution is 5.84. The molecule has 0 aromatic rings. The molecule has 0 aromatic carbocycles. The summed E-state index contributed by atoms with van der Waals surface area (Å²) >= 11 is 0. The molecule has 21 nitrogen and oxygen atoms in total. The molecule has 1 aliphatic rings. The predicted molar refractivity (Wildman–Crippen MR) is 161 cm³/mol. The van der Waals surface area contributed by atoms with Crippen molar-refractivity contribution in [2.75, 3.05) is 59.9 Å². The third-order valence-electron chi connectivity index (χ3n) is 7.64. The van der Waals surface area contributed by atoms with Crippen LogP contribution in [0.5, 0.6) is 0 Å². The van der Waals surface area contributed by atoms with Crippen molar-refractivity contribution in [3.8, 4) is 0 Å². The quantitative estimate of drug-likeness (QED) is 0.0411. The third-order valence-corrected chi connectivity index (χ3v) is 7.64. The van der Waals surface area contributed by atoms with Crippen LogP contribution in [-0.4, -0.2) is 213 Å². The molecule has 0 saturated carbocycles. The third kappa shape index (κ3) is 14.4. The van der Waals surface area contributed by atoms with Gasteiger partial charge in [0.25, 0.3) is 0 Å². The Hall–Kier alpha value is -1.74. The van der Waals surface area contributed by atoms with E-state index in [1.165, 1.54) is 21.0 Å². The SMILES string of the molecule is COC(C)[C@H](O)C(O)C(O)COCC(COC(C)OC(CO)[C@H](O)C(O)CO)(CO[C@@H]1OC(CO)[C@H](O)C(O)C1O)NC(=O)CNC(C)=O. The Morgan fingerprint density at radius 1 is 0.857 bits per heavy atom. The lowest BCUT2D eigenvalue weighted by Gasteiger charge is -2.42. The van der Waals surface area contributed by atoms with Crippen LogP contribution in [0.25, 0.3) is 0 Å². The summed E-state index contributed by atoms with van der Waals surface area (Å²) in [5.74, 6) is -1.40. The van der Waals surface area contributed by atoms with Crippen LogP contribution < -0.4 is 10.6 Å². The largest absolute Gasteiger partial charge is 0.394 e. The normalized spacial score (nSPS) is 27.5. The van der Waals surface area contributed by atoms with Crippen molar-refractivity contribution in [2.45, 2.75) is 106 Å². The topological polar surface area (TPSA) is 336 Å². The van der Waals surface area contributed by atoms with E-state index < -0.39 is 150 Å². The van der Waals surface area contributed by atoms with Crippen molar-refractivity contribution in [3.05, 3.63) is 0 Å². The van der Waals surface area contributed by atoms with E-state index in [9.17, 15) is 60.7 Å². The summed E-state index contributed by atoms with van der Waals surface area (Å²) in [5, 5.41) is 115. The van der Waals surface area contributed by atoms with Crippen molar-refractivity contribution in [1.82, 2.24) is 10.6 Å². The van der Waals surface area contributed by atoms with Crippen LogP contribution >= 0.6 is 0 Å². The zero-order valence-electron chi connectivity index (χ0n) is 27.8. The van der Waals surface area contributed by atoms with Gasteiger partial charge in [0.15, 0.2) is 12.6 Å². The summed E-state index contributed by atoms with van der Waals surface area (Å²) in [6.07, 6.45) is -20.5. The van der Waals surface area contributed by atoms with Crippen LogP contribution in [0.1, 0.15) is 20.8 Å². The molecule has 21 heteroatoms. The standard InChI is InChI=1S/C28H54N2O19/c1-13(44-4)21(38)23(40)17(36)9-45-10-28(30-20(37)5-29-14(2)34,11-46-15(3)48-18(7-32)22(39)16(35)6-31)12-47-27-26(43)25(42)24(41)19(8-33)49-27/h13,15-19,21-27,31-33,35-36,38-43H,5-12H2,1-4H3,(H,29,34)(H,30,37)/t13?,15?,16?,17?,18?,19?,21-,22+,23?,24-,25?,26?,27+,28?/m0/s1. The van der Waals surface area contributed by atoms with Gasteiger partial charge in [0, 0.05) is 14.0 Å². The van der Waals surface area contributed by atoms with E-state index in [1.54, 1.807) is 0 Å². The Kier molecular flexibility index (Phi) is 20.6. The van der Waals surface area contributed by atoms with Gasteiger partial charge in [-0.25, -0.2) is 0 Å². The summed E-state index contributed by atoms with van der Waals surface area (Å²) in [6, 6.07) is 0. The average molecular weight is 723 g/mol. The fraction of sp³-hybridized carbons (Fsp3) is 0.929. The monoisotopic (exact) mass is 722 g/mol. The van der Waals surface area contributed by atoms with Gasteiger partial charge in [-0.2, -0.15) is 0 Å². The lowest BCUT2D eigenvalue weighted by Crippen LogP contribution is -2.63. The van der Waals surface area contributed by atoms with Crippen molar-refractivity contribution < 1.29 is 94.2 Å². The molecule has 10 unspecified atom stereocenters. The molecule has 0 aromatic heterocycles. The van der Waals surface area contributed by atoms with Crippen LogP contribution in [-0.2, 0) is 38.0 Å². The minimum Gasteiger partial charge on any atom is -0.394 e. The Labute approximate surface area is 282 Å². The van der Waals surface area contributed by atoms with Crippen LogP contribution in [0.4, 0.5) is 0 Å². The van der Waals surface area contributed by atoms with Gasteiger partial charge in [-0.3, -0.25) is 9.59 Å². The molecule has 0 aliphatic carbocycles. The van der Waals surface area contributed by atoms with E-state index >= 15 is 0 Å². The first-order chi connectivity index (χ1) is 23.0. The van der Waals surface area contributed by atoms with E-state index in [2.05, 4.69) is 10.6 Å². The Balaban J connectivity index is 3.35. The van der Waals surface area contributed by atoms with Gasteiger partial charge in [0.05, 0.1) is 58.9 Å². The summed E-state index contributed by atoms with van der Waals surface area (Å²) in [7, 11) is 1.28. The second-order valence-electron chi connectivity index (χ2n) is 11.7. The van der Waals surface area contributed by atoms with Crippen molar-refractivity contribution in [1.29, 1.82) is 0 Å². The highest BCUT2D eigenvalue weighted by Gasteiger charge is 2.46. The van der Waals surface area contributed by atoms with Gasteiger partial charge >= 0.3 is 0 Å². The number of hydrogen-bond donors (Lipinski definition) is 13. The molecule has 2 amide bonds. The molecule has 1 saturated heterocycles. The van der Waals surface area contributed by atoms with E-state index in [-0.39, 0.29) is 0 Å². The minimum absolute atomic E-state index is 0.563. The smallest absolute Gasteiger partial charge is 0.240 e. The van der Waals surface area contributed by atoms with Crippen molar-refractivity contribution in [2.24, 2.45) is 0 Å². The van der Waals surface area contributed by atoms with E-state index in [0.717, 1.165) is 6.92 Å². The zero-order valence-corrected chi connectivity index (χ0v) is 27.8. The maximum atomic E-state index is 13.0. The lowest BCUT2D eigenvalue weighted by molar-refractivity contribution is -0.306. The zero-order chi connectivity index (χ0) is 37.5. The molecule has 0 spiro atoms. The average Bonchev–Trinajstić information content (AvgIpc) is 3.08. The van der Waals surface area contributed by atoms with E-state index in [4.69, 9.17) is 33.5 Å². The number of rotatable bonds is 24. The maximum absolute atomic E-state index is 13.0. The number of nitrogens with one attached hydrogen (secondary N) is 2. The first-order valence-corrected chi connectivity index (χ1v) is 15.4. The lowest BCUT2D eigenvalue weighted by atomic mass is 9.99. The maximum Gasteiger partial charge on any atom is 0.240 e. The number of methoxy groups -OCH3 is 1. The minimum atomic E-state index is -1.87.